The van der Waals surface area contributed by atoms with E-state index in [1.165, 1.54) is 18.5 Å². The third kappa shape index (κ3) is 1.24. The van der Waals surface area contributed by atoms with E-state index in [2.05, 4.69) is 46.0 Å². The van der Waals surface area contributed by atoms with Gasteiger partial charge in [-0.15, -0.1) is 0 Å². The number of nitrogens with one attached hydrogen (secondary N) is 1. The van der Waals surface area contributed by atoms with Crippen molar-refractivity contribution in [2.24, 2.45) is 0 Å². The first kappa shape index (κ1) is 8.12. The van der Waals surface area contributed by atoms with Crippen molar-refractivity contribution in [2.75, 3.05) is 13.1 Å². The molecule has 0 saturated carbocycles. The van der Waals surface area contributed by atoms with E-state index in [0.29, 0.717) is 6.04 Å². The van der Waals surface area contributed by atoms with Crippen LogP contribution in [0.15, 0.2) is 36.3 Å². The summed E-state index contributed by atoms with van der Waals surface area (Å²) in [6.45, 7) is 2.22. The Morgan fingerprint density at radius 1 is 1.36 bits per heavy atom. The first-order chi connectivity index (χ1) is 6.93. The van der Waals surface area contributed by atoms with Crippen LogP contribution in [-0.2, 0) is 0 Å². The average molecular weight is 189 g/mol. The van der Waals surface area contributed by atoms with Gasteiger partial charge in [0.15, 0.2) is 0 Å². The molecule has 0 spiro atoms. The molecule has 1 saturated heterocycles. The molecule has 14 heavy (non-hydrogen) atoms. The highest BCUT2D eigenvalue weighted by Gasteiger charge is 2.27. The molecule has 1 fully saturated rings. The summed E-state index contributed by atoms with van der Waals surface area (Å²) in [4.78, 5) is 2.33. The Balaban J connectivity index is 1.88. The molecule has 3 aliphatic heterocycles. The van der Waals surface area contributed by atoms with Crippen molar-refractivity contribution in [3.8, 4) is 0 Å². The summed E-state index contributed by atoms with van der Waals surface area (Å²) in [6.07, 6.45) is 13.3. The lowest BCUT2D eigenvalue weighted by Gasteiger charge is -2.43. The third-order valence-corrected chi connectivity index (χ3v) is 3.06. The van der Waals surface area contributed by atoms with Gasteiger partial charge in [-0.05, 0) is 25.0 Å². The highest BCUT2D eigenvalue weighted by atomic mass is 15.5. The van der Waals surface area contributed by atoms with Gasteiger partial charge in [-0.2, -0.15) is 0 Å². The van der Waals surface area contributed by atoms with Gasteiger partial charge < -0.3 is 9.91 Å². The van der Waals surface area contributed by atoms with Gasteiger partial charge in [0.05, 0.1) is 11.7 Å². The van der Waals surface area contributed by atoms with Crippen LogP contribution in [0.1, 0.15) is 12.8 Å². The van der Waals surface area contributed by atoms with E-state index in [-0.39, 0.29) is 0 Å². The second-order valence-corrected chi connectivity index (χ2v) is 4.02. The monoisotopic (exact) mass is 189 g/mol. The fourth-order valence-electron chi connectivity index (χ4n) is 2.29. The van der Waals surface area contributed by atoms with Crippen LogP contribution in [0.25, 0.3) is 0 Å². The Hall–Kier alpha value is -1.22. The van der Waals surface area contributed by atoms with E-state index in [9.17, 15) is 0 Å². The van der Waals surface area contributed by atoms with Crippen LogP contribution in [0.2, 0.25) is 0 Å². The van der Waals surface area contributed by atoms with Crippen LogP contribution in [-0.4, -0.2) is 29.0 Å². The Bertz CT molecular complexity index is 316. The summed E-state index contributed by atoms with van der Waals surface area (Å²) >= 11 is 0. The second-order valence-electron chi connectivity index (χ2n) is 4.02. The standard InChI is InChI=1S/C11H15N3/c1-2-7-13-8-11-5-3-6-12-14(11)9-10(13)4-1/h1-2,4,7,9,11-12H,3,5-6,8H2. The summed E-state index contributed by atoms with van der Waals surface area (Å²) in [5.41, 5.74) is 4.72. The molecule has 0 amide bonds. The number of fused-ring (bicyclic) bond motifs is 2. The van der Waals surface area contributed by atoms with Crippen molar-refractivity contribution in [2.45, 2.75) is 18.9 Å². The molecule has 3 heterocycles. The molecular formula is C11H15N3. The SMILES string of the molecule is C1=CC2=CN3NCCCC3CN2C=C1. The summed E-state index contributed by atoms with van der Waals surface area (Å²) in [5, 5.41) is 2.28. The molecular weight excluding hydrogens is 174 g/mol. The van der Waals surface area contributed by atoms with E-state index in [1.54, 1.807) is 0 Å². The van der Waals surface area contributed by atoms with Crippen molar-refractivity contribution >= 4 is 0 Å². The predicted molar refractivity (Wildman–Crippen MR) is 55.9 cm³/mol. The maximum Gasteiger partial charge on any atom is 0.0628 e. The molecule has 0 aliphatic carbocycles. The van der Waals surface area contributed by atoms with Crippen molar-refractivity contribution in [3.63, 3.8) is 0 Å². The lowest BCUT2D eigenvalue weighted by molar-refractivity contribution is 0.105. The van der Waals surface area contributed by atoms with Gasteiger partial charge in [0.1, 0.15) is 0 Å². The summed E-state index contributed by atoms with van der Waals surface area (Å²) in [7, 11) is 0. The van der Waals surface area contributed by atoms with E-state index < -0.39 is 0 Å². The summed E-state index contributed by atoms with van der Waals surface area (Å²) in [5.74, 6) is 0. The van der Waals surface area contributed by atoms with Gasteiger partial charge in [0, 0.05) is 25.5 Å². The van der Waals surface area contributed by atoms with Crippen molar-refractivity contribution in [1.82, 2.24) is 15.3 Å². The molecule has 0 aromatic carbocycles. The Morgan fingerprint density at radius 2 is 2.36 bits per heavy atom. The van der Waals surface area contributed by atoms with Crippen LogP contribution in [0, 0.1) is 0 Å². The zero-order valence-electron chi connectivity index (χ0n) is 8.19. The first-order valence-corrected chi connectivity index (χ1v) is 5.29. The number of hydrogen-bond donors (Lipinski definition) is 1. The zero-order chi connectivity index (χ0) is 9.38. The quantitative estimate of drug-likeness (QED) is 0.617. The maximum absolute atomic E-state index is 3.43. The van der Waals surface area contributed by atoms with E-state index in [1.807, 2.05) is 0 Å². The number of allylic oxidation sites excluding steroid dienone is 3. The molecule has 1 N–H and O–H groups in total. The van der Waals surface area contributed by atoms with Crippen LogP contribution < -0.4 is 5.43 Å². The fourth-order valence-corrected chi connectivity index (χ4v) is 2.29. The largest absolute Gasteiger partial charge is 0.345 e. The van der Waals surface area contributed by atoms with Crippen molar-refractivity contribution < 1.29 is 0 Å². The first-order valence-electron chi connectivity index (χ1n) is 5.29. The minimum absolute atomic E-state index is 0.642. The van der Waals surface area contributed by atoms with Gasteiger partial charge in [-0.1, -0.05) is 6.08 Å². The highest BCUT2D eigenvalue weighted by molar-refractivity contribution is 5.29. The Morgan fingerprint density at radius 3 is 3.36 bits per heavy atom. The van der Waals surface area contributed by atoms with Gasteiger partial charge in [-0.25, -0.2) is 5.43 Å². The Labute approximate surface area is 84.3 Å². The van der Waals surface area contributed by atoms with Gasteiger partial charge in [0.25, 0.3) is 0 Å². The average Bonchev–Trinajstić information content (AvgIpc) is 2.26. The van der Waals surface area contributed by atoms with E-state index >= 15 is 0 Å². The molecule has 1 unspecified atom stereocenters. The summed E-state index contributed by atoms with van der Waals surface area (Å²) in [6, 6.07) is 0.642. The lowest BCUT2D eigenvalue weighted by atomic mass is 10.1. The number of hydrogen-bond acceptors (Lipinski definition) is 3. The fraction of sp³-hybridized carbons (Fsp3) is 0.455. The van der Waals surface area contributed by atoms with Crippen LogP contribution in [0.5, 0.6) is 0 Å². The zero-order valence-corrected chi connectivity index (χ0v) is 8.19. The van der Waals surface area contributed by atoms with Crippen LogP contribution in [0.4, 0.5) is 0 Å². The molecule has 0 aromatic rings. The molecule has 3 aliphatic rings. The van der Waals surface area contributed by atoms with E-state index in [4.69, 9.17) is 0 Å². The molecule has 3 heteroatoms. The molecule has 0 bridgehead atoms. The minimum atomic E-state index is 0.642. The highest BCUT2D eigenvalue weighted by Crippen LogP contribution is 2.23. The third-order valence-electron chi connectivity index (χ3n) is 3.06. The molecule has 74 valence electrons. The topological polar surface area (TPSA) is 18.5 Å². The summed E-state index contributed by atoms with van der Waals surface area (Å²) < 4.78 is 0. The van der Waals surface area contributed by atoms with Crippen LogP contribution >= 0.6 is 0 Å². The number of hydrazine groups is 1. The maximum atomic E-state index is 3.43. The molecule has 0 radical (unpaired) electrons. The second kappa shape index (κ2) is 3.17. The molecule has 3 rings (SSSR count). The van der Waals surface area contributed by atoms with Crippen LogP contribution in [0.3, 0.4) is 0 Å². The number of rotatable bonds is 0. The van der Waals surface area contributed by atoms with Crippen molar-refractivity contribution in [3.05, 3.63) is 36.3 Å². The molecule has 1 atom stereocenters. The number of nitrogens with zero attached hydrogens (tertiary/aromatic N) is 2. The predicted octanol–water partition coefficient (Wildman–Crippen LogP) is 1.20. The van der Waals surface area contributed by atoms with Gasteiger partial charge in [-0.3, -0.25) is 0 Å². The molecule has 3 nitrogen and oxygen atoms in total. The lowest BCUT2D eigenvalue weighted by Crippen LogP contribution is -2.53. The smallest absolute Gasteiger partial charge is 0.0628 e. The minimum Gasteiger partial charge on any atom is -0.345 e. The Kier molecular flexibility index (Phi) is 1.84. The van der Waals surface area contributed by atoms with E-state index in [0.717, 1.165) is 13.1 Å². The molecule has 0 aromatic heterocycles. The van der Waals surface area contributed by atoms with Gasteiger partial charge >= 0.3 is 0 Å². The van der Waals surface area contributed by atoms with Crippen molar-refractivity contribution in [1.29, 1.82) is 0 Å². The van der Waals surface area contributed by atoms with Gasteiger partial charge in [0.2, 0.25) is 0 Å². The normalized spacial score (nSPS) is 29.7.